The Labute approximate surface area is 260 Å². The largest absolute Gasteiger partial charge is 0.324 e. The zero-order valence-corrected chi connectivity index (χ0v) is 26.5. The topological polar surface area (TPSA) is 52.0 Å². The van der Waals surface area contributed by atoms with Crippen molar-refractivity contribution in [3.05, 3.63) is 130 Å². The van der Waals surface area contributed by atoms with Gasteiger partial charge in [-0.15, -0.1) is 0 Å². The molecule has 0 fully saturated rings. The van der Waals surface area contributed by atoms with Crippen LogP contribution in [-0.2, 0) is 5.41 Å². The quantitative estimate of drug-likeness (QED) is 0.116. The zero-order chi connectivity index (χ0) is 30.1. The minimum Gasteiger partial charge on any atom is -0.324 e. The molecule has 0 saturated carbocycles. The van der Waals surface area contributed by atoms with Gasteiger partial charge in [0, 0.05) is 12.1 Å². The predicted molar refractivity (Wildman–Crippen MR) is 184 cm³/mol. The first kappa shape index (κ1) is 31.2. The highest BCUT2D eigenvalue weighted by Crippen LogP contribution is 2.56. The summed E-state index contributed by atoms with van der Waals surface area (Å²) < 4.78 is 0. The lowest BCUT2D eigenvalue weighted by Crippen LogP contribution is -2.28. The first-order valence-electron chi connectivity index (χ1n) is 17.0. The molecule has 0 heterocycles. The lowest BCUT2D eigenvalue weighted by molar-refractivity contribution is 0.555. The molecule has 0 saturated heterocycles. The van der Waals surface area contributed by atoms with Crippen molar-refractivity contribution in [1.82, 2.24) is 0 Å². The summed E-state index contributed by atoms with van der Waals surface area (Å²) in [6.07, 6.45) is 14.8. The Morgan fingerprint density at radius 3 is 1.23 bits per heavy atom. The van der Waals surface area contributed by atoms with E-state index in [4.69, 9.17) is 11.5 Å². The number of rotatable bonds is 16. The summed E-state index contributed by atoms with van der Waals surface area (Å²) in [4.78, 5) is 0. The first-order valence-corrected chi connectivity index (χ1v) is 17.0. The first-order chi connectivity index (χ1) is 21.1. The van der Waals surface area contributed by atoms with E-state index in [-0.39, 0.29) is 12.1 Å². The molecule has 5 rings (SSSR count). The summed E-state index contributed by atoms with van der Waals surface area (Å²) in [5, 5.41) is 0. The van der Waals surface area contributed by atoms with Crippen LogP contribution in [0.1, 0.15) is 136 Å². The SMILES string of the molecule is CCCCCCCC(N)c1ccc(C2(c3ccc([C@@H](N)CCCCCCC)cc3)c3ccccc3-c3ccccc32)cc1. The fourth-order valence-electron chi connectivity index (χ4n) is 7.25. The number of hydrogen-bond donors (Lipinski definition) is 2. The maximum absolute atomic E-state index is 6.70. The minimum atomic E-state index is -0.390. The van der Waals surface area contributed by atoms with E-state index < -0.39 is 5.41 Å². The maximum atomic E-state index is 6.70. The molecule has 0 bridgehead atoms. The van der Waals surface area contributed by atoms with Crippen LogP contribution in [0.3, 0.4) is 0 Å². The third-order valence-corrected chi connectivity index (χ3v) is 9.73. The lowest BCUT2D eigenvalue weighted by Gasteiger charge is -2.34. The van der Waals surface area contributed by atoms with Gasteiger partial charge in [-0.3, -0.25) is 0 Å². The van der Waals surface area contributed by atoms with Crippen molar-refractivity contribution in [2.45, 2.75) is 108 Å². The van der Waals surface area contributed by atoms with Crippen molar-refractivity contribution < 1.29 is 0 Å². The second-order valence-electron chi connectivity index (χ2n) is 12.7. The van der Waals surface area contributed by atoms with E-state index in [0.717, 1.165) is 12.8 Å². The van der Waals surface area contributed by atoms with Gasteiger partial charge in [-0.05, 0) is 57.3 Å². The molecule has 1 aliphatic carbocycles. The Morgan fingerprint density at radius 1 is 0.465 bits per heavy atom. The van der Waals surface area contributed by atoms with E-state index in [9.17, 15) is 0 Å². The number of fused-ring (bicyclic) bond motifs is 3. The van der Waals surface area contributed by atoms with Crippen molar-refractivity contribution in [3.8, 4) is 11.1 Å². The van der Waals surface area contributed by atoms with Crippen LogP contribution >= 0.6 is 0 Å². The average Bonchev–Trinajstić information content (AvgIpc) is 3.36. The summed E-state index contributed by atoms with van der Waals surface area (Å²) in [6.45, 7) is 4.53. The van der Waals surface area contributed by atoms with E-state index in [1.54, 1.807) is 0 Å². The van der Waals surface area contributed by atoms with Crippen molar-refractivity contribution in [3.63, 3.8) is 0 Å². The molecular formula is C41H52N2. The summed E-state index contributed by atoms with van der Waals surface area (Å²) in [7, 11) is 0. The highest BCUT2D eigenvalue weighted by atomic mass is 14.6. The Bertz CT molecular complexity index is 1310. The van der Waals surface area contributed by atoms with E-state index in [1.165, 1.54) is 109 Å². The van der Waals surface area contributed by atoms with E-state index in [0.29, 0.717) is 0 Å². The van der Waals surface area contributed by atoms with Gasteiger partial charge in [0.1, 0.15) is 0 Å². The Hall–Kier alpha value is -3.20. The highest BCUT2D eigenvalue weighted by Gasteiger charge is 2.45. The molecule has 1 aliphatic rings. The average molecular weight is 573 g/mol. The molecule has 2 atom stereocenters. The summed E-state index contributed by atoms with van der Waals surface area (Å²) >= 11 is 0. The van der Waals surface area contributed by atoms with E-state index in [1.807, 2.05) is 0 Å². The molecule has 2 heteroatoms. The molecule has 43 heavy (non-hydrogen) atoms. The monoisotopic (exact) mass is 572 g/mol. The zero-order valence-electron chi connectivity index (χ0n) is 26.5. The van der Waals surface area contributed by atoms with E-state index in [2.05, 4.69) is 111 Å². The smallest absolute Gasteiger partial charge is 0.0713 e. The molecule has 0 amide bonds. The van der Waals surface area contributed by atoms with Crippen LogP contribution in [-0.4, -0.2) is 0 Å². The number of benzene rings is 4. The molecule has 4 aromatic rings. The normalized spacial score (nSPS) is 14.7. The summed E-state index contributed by atoms with van der Waals surface area (Å²) in [6, 6.07) is 36.5. The molecule has 4 N–H and O–H groups in total. The maximum Gasteiger partial charge on any atom is 0.0713 e. The van der Waals surface area contributed by atoms with Gasteiger partial charge in [0.05, 0.1) is 5.41 Å². The predicted octanol–water partition coefficient (Wildman–Crippen LogP) is 10.8. The second kappa shape index (κ2) is 15.0. The van der Waals surface area contributed by atoms with Crippen LogP contribution in [0.25, 0.3) is 11.1 Å². The molecule has 226 valence electrons. The highest BCUT2D eigenvalue weighted by molar-refractivity contribution is 5.86. The van der Waals surface area contributed by atoms with Crippen LogP contribution in [0.2, 0.25) is 0 Å². The number of hydrogen-bond acceptors (Lipinski definition) is 2. The van der Waals surface area contributed by atoms with Gasteiger partial charge in [-0.2, -0.15) is 0 Å². The van der Waals surface area contributed by atoms with Crippen LogP contribution in [0, 0.1) is 0 Å². The molecule has 0 aromatic heterocycles. The van der Waals surface area contributed by atoms with Gasteiger partial charge in [-0.25, -0.2) is 0 Å². The molecule has 2 nitrogen and oxygen atoms in total. The molecule has 0 aliphatic heterocycles. The summed E-state index contributed by atoms with van der Waals surface area (Å²) in [5.74, 6) is 0. The second-order valence-corrected chi connectivity index (χ2v) is 12.7. The van der Waals surface area contributed by atoms with Crippen LogP contribution in [0.15, 0.2) is 97.1 Å². The van der Waals surface area contributed by atoms with Crippen LogP contribution in [0.4, 0.5) is 0 Å². The number of nitrogens with two attached hydrogens (primary N) is 2. The molecule has 4 aromatic carbocycles. The Kier molecular flexibility index (Phi) is 10.9. The fourth-order valence-corrected chi connectivity index (χ4v) is 7.25. The molecule has 1 unspecified atom stereocenters. The van der Waals surface area contributed by atoms with Gasteiger partial charge in [0.2, 0.25) is 0 Å². The summed E-state index contributed by atoms with van der Waals surface area (Å²) in [5.41, 5.74) is 23.4. The van der Waals surface area contributed by atoms with Crippen molar-refractivity contribution in [2.24, 2.45) is 11.5 Å². The Balaban J connectivity index is 1.48. The van der Waals surface area contributed by atoms with Crippen molar-refractivity contribution in [1.29, 1.82) is 0 Å². The molecule has 0 spiro atoms. The standard InChI is InChI=1S/C41H52N2/c1-3-5-7-9-11-21-39(42)31-23-27-33(28-24-31)41(37-19-15-13-17-35(37)36-18-14-16-20-38(36)41)34-29-25-32(26-30-34)40(43)22-12-10-8-6-4-2/h13-20,23-30,39-40H,3-12,21-22,42-43H2,1-2H3/t39-,40?/m0/s1. The van der Waals surface area contributed by atoms with Gasteiger partial charge in [0.25, 0.3) is 0 Å². The fraction of sp³-hybridized carbons (Fsp3) is 0.415. The van der Waals surface area contributed by atoms with Crippen molar-refractivity contribution in [2.75, 3.05) is 0 Å². The molecule has 0 radical (unpaired) electrons. The number of unbranched alkanes of at least 4 members (excludes halogenated alkanes) is 8. The van der Waals surface area contributed by atoms with Gasteiger partial charge in [0.15, 0.2) is 0 Å². The van der Waals surface area contributed by atoms with Crippen molar-refractivity contribution >= 4 is 0 Å². The third-order valence-electron chi connectivity index (χ3n) is 9.73. The van der Waals surface area contributed by atoms with Crippen LogP contribution in [0.5, 0.6) is 0 Å². The van der Waals surface area contributed by atoms with Gasteiger partial charge < -0.3 is 11.5 Å². The molecular weight excluding hydrogens is 520 g/mol. The minimum absolute atomic E-state index is 0.0810. The van der Waals surface area contributed by atoms with E-state index >= 15 is 0 Å². The van der Waals surface area contributed by atoms with Crippen LogP contribution < -0.4 is 11.5 Å². The Morgan fingerprint density at radius 2 is 0.837 bits per heavy atom. The van der Waals surface area contributed by atoms with Gasteiger partial charge >= 0.3 is 0 Å². The third kappa shape index (κ3) is 6.66. The van der Waals surface area contributed by atoms with Gasteiger partial charge in [-0.1, -0.05) is 175 Å². The lowest BCUT2D eigenvalue weighted by atomic mass is 9.67.